The van der Waals surface area contributed by atoms with Crippen LogP contribution in [0.2, 0.25) is 0 Å². The Bertz CT molecular complexity index is 2610. The fourth-order valence-electron chi connectivity index (χ4n) is 5.60. The van der Waals surface area contributed by atoms with E-state index in [4.69, 9.17) is 44.6 Å². The lowest BCUT2D eigenvalue weighted by Crippen LogP contribution is -2.51. The van der Waals surface area contributed by atoms with Gasteiger partial charge >= 0.3 is 46.9 Å². The number of hydrogen-bond acceptors (Lipinski definition) is 22. The van der Waals surface area contributed by atoms with E-state index in [2.05, 4.69) is 52.8 Å². The number of imidazole rings is 1. The van der Waals surface area contributed by atoms with Crippen LogP contribution in [0.3, 0.4) is 0 Å². The Balaban J connectivity index is 0.000000286. The number of aromatic nitrogens is 4. The molecule has 65 heavy (non-hydrogen) atoms. The molecule has 5 rings (SSSR count). The van der Waals surface area contributed by atoms with Gasteiger partial charge in [-0.15, -0.1) is 0 Å². The second-order valence-electron chi connectivity index (χ2n) is 13.6. The number of amidine groups is 1. The minimum absolute atomic E-state index is 0.00476. The molecule has 3 aliphatic rings. The summed E-state index contributed by atoms with van der Waals surface area (Å²) in [4.78, 5) is 97.6. The summed E-state index contributed by atoms with van der Waals surface area (Å²) >= 11 is 0. The van der Waals surface area contributed by atoms with E-state index in [1.54, 1.807) is 0 Å². The number of rotatable bonds is 16. The highest BCUT2D eigenvalue weighted by Gasteiger charge is 2.67. The van der Waals surface area contributed by atoms with E-state index in [0.29, 0.717) is 0 Å². The summed E-state index contributed by atoms with van der Waals surface area (Å²) in [7, 11) is -34.7. The lowest BCUT2D eigenvalue weighted by atomic mass is 9.96. The van der Waals surface area contributed by atoms with Crippen LogP contribution >= 0.6 is 46.9 Å². The number of phosphoric acid groups is 6. The van der Waals surface area contributed by atoms with Gasteiger partial charge in [-0.25, -0.2) is 59.9 Å². The Morgan fingerprint density at radius 1 is 0.800 bits per heavy atom. The molecule has 0 saturated carbocycles. The molecule has 2 aromatic rings. The van der Waals surface area contributed by atoms with Gasteiger partial charge in [-0.2, -0.15) is 17.2 Å². The standard InChI is InChI=1S/C12H17F2N4O13P3.C11H18F2N3O12P3/c1-5-16-7-6(8(19)17-5)15-4-18(7)10-11(2,20)9(13)12(14,29-10)3-28-33(24,25)31-34(26,27)30-32(21,22)23;1-6-15-7(14)3-4-16(6)9-10(2,17)8(12)11(13,26-9)5-25-30(21,22)28-31(23,24)27-29(18,19)20/h4,9-10,20H,3H2,1-2H3,(H,24,25)(H,26,27)(H,16,17,19)(H2,21,22,23);3-4,8-9,17H,1,5H2,2H3,(H2,14,15)(H,21,22)(H,23,24)(H2,18,19,20)/t9-,10+,11+,12+;8-,9+,10+,11+/m00/s1. The lowest BCUT2D eigenvalue weighted by Gasteiger charge is -2.34. The number of H-pyrrole nitrogens is 1. The molecule has 0 radical (unpaired) electrons. The third-order valence-corrected chi connectivity index (χ3v) is 15.7. The lowest BCUT2D eigenvalue weighted by molar-refractivity contribution is -0.198. The van der Waals surface area contributed by atoms with Gasteiger partial charge < -0.3 is 74.5 Å². The van der Waals surface area contributed by atoms with Gasteiger partial charge in [0.05, 0.1) is 6.33 Å². The number of nitrogens with one attached hydrogen (secondary N) is 1. The fourth-order valence-corrected chi connectivity index (χ4v) is 11.7. The highest BCUT2D eigenvalue weighted by molar-refractivity contribution is 7.67. The largest absolute Gasteiger partial charge is 0.490 e. The summed E-state index contributed by atoms with van der Waals surface area (Å²) in [5.41, 5.74) is -1.05. The number of aryl methyl sites for hydroxylation is 1. The van der Waals surface area contributed by atoms with Crippen LogP contribution in [0.4, 0.5) is 17.6 Å². The monoisotopic (exact) mass is 1070 g/mol. The number of aliphatic imine (C=N–C) groups is 1. The average Bonchev–Trinajstić information content (AvgIpc) is 3.64. The number of ether oxygens (including phenoxy) is 2. The number of nitrogens with two attached hydrogens (primary N) is 1. The first-order valence-electron chi connectivity index (χ1n) is 16.5. The predicted molar refractivity (Wildman–Crippen MR) is 198 cm³/mol. The molecule has 42 heteroatoms. The van der Waals surface area contributed by atoms with E-state index < -0.39 is 113 Å². The first-order chi connectivity index (χ1) is 29.0. The number of nitrogens with zero attached hydrogens (tertiary/aromatic N) is 5. The molecule has 5 heterocycles. The van der Waals surface area contributed by atoms with Crippen molar-refractivity contribution in [2.24, 2.45) is 10.7 Å². The molecule has 3 aliphatic heterocycles. The Kier molecular flexibility index (Phi) is 15.6. The second-order valence-corrected chi connectivity index (χ2v) is 22.4. The van der Waals surface area contributed by atoms with Crippen LogP contribution in [0.5, 0.6) is 0 Å². The maximum atomic E-state index is 15.3. The maximum absolute atomic E-state index is 15.3. The van der Waals surface area contributed by atoms with Crippen LogP contribution in [0.1, 0.15) is 25.9 Å². The molecule has 4 unspecified atom stereocenters. The molecule has 13 N–H and O–H groups in total. The van der Waals surface area contributed by atoms with Gasteiger partial charge in [-0.3, -0.25) is 18.4 Å². The van der Waals surface area contributed by atoms with Crippen LogP contribution in [0.25, 0.3) is 11.2 Å². The number of phosphoric ester groups is 2. The van der Waals surface area contributed by atoms with Crippen LogP contribution in [0, 0.1) is 6.92 Å². The topological polar surface area (TPSA) is 484 Å². The first-order valence-corrected chi connectivity index (χ1v) is 25.5. The van der Waals surface area contributed by atoms with E-state index >= 15 is 8.78 Å². The molecule has 2 saturated heterocycles. The van der Waals surface area contributed by atoms with Crippen LogP contribution in [-0.4, -0.2) is 134 Å². The van der Waals surface area contributed by atoms with Gasteiger partial charge in [0.2, 0.25) is 0 Å². The third kappa shape index (κ3) is 13.4. The van der Waals surface area contributed by atoms with E-state index in [-0.39, 0.29) is 28.6 Å². The van der Waals surface area contributed by atoms with E-state index in [9.17, 15) is 61.0 Å². The quantitative estimate of drug-likeness (QED) is 0.0786. The van der Waals surface area contributed by atoms with Crippen molar-refractivity contribution in [2.75, 3.05) is 13.2 Å². The zero-order valence-electron chi connectivity index (χ0n) is 32.3. The zero-order chi connectivity index (χ0) is 49.9. The van der Waals surface area contributed by atoms with Crippen LogP contribution < -0.4 is 11.3 Å². The van der Waals surface area contributed by atoms with Crippen molar-refractivity contribution in [3.05, 3.63) is 47.2 Å². The molecule has 0 aromatic carbocycles. The van der Waals surface area contributed by atoms with Gasteiger partial charge in [0.1, 0.15) is 41.9 Å². The van der Waals surface area contributed by atoms with Gasteiger partial charge in [0, 0.05) is 6.20 Å². The first kappa shape index (κ1) is 55.1. The summed E-state index contributed by atoms with van der Waals surface area (Å²) in [6.45, 7) is 2.89. The normalized spacial score (nSPS) is 33.4. The minimum Gasteiger partial charge on any atom is -0.384 e. The number of aromatic amines is 1. The van der Waals surface area contributed by atoms with Crippen molar-refractivity contribution in [1.29, 1.82) is 0 Å². The average molecular weight is 1070 g/mol. The molecular weight excluding hydrogens is 1040 g/mol. The molecule has 2 aromatic heterocycles. The van der Waals surface area contributed by atoms with Gasteiger partial charge in [-0.1, -0.05) is 6.58 Å². The van der Waals surface area contributed by atoms with Crippen molar-refractivity contribution in [3.8, 4) is 0 Å². The van der Waals surface area contributed by atoms with Crippen molar-refractivity contribution >= 4 is 63.9 Å². The summed E-state index contributed by atoms with van der Waals surface area (Å²) in [6, 6.07) is 0. The summed E-state index contributed by atoms with van der Waals surface area (Å²) in [5, 5.41) is 21.0. The fraction of sp³-hybridized carbons (Fsp3) is 0.565. The van der Waals surface area contributed by atoms with E-state index in [1.165, 1.54) is 13.0 Å². The molecule has 0 amide bonds. The van der Waals surface area contributed by atoms with Gasteiger partial charge in [0.25, 0.3) is 17.3 Å². The zero-order valence-corrected chi connectivity index (χ0v) is 37.6. The van der Waals surface area contributed by atoms with Crippen molar-refractivity contribution in [1.82, 2.24) is 24.4 Å². The Hall–Kier alpha value is -2.52. The van der Waals surface area contributed by atoms with Crippen molar-refractivity contribution in [3.63, 3.8) is 0 Å². The highest BCUT2D eigenvalue weighted by Crippen LogP contribution is 2.68. The number of aliphatic hydroxyl groups is 2. The molecule has 32 nitrogen and oxygen atoms in total. The molecule has 0 bridgehead atoms. The summed E-state index contributed by atoms with van der Waals surface area (Å²) < 4.78 is 160. The molecule has 2 fully saturated rings. The third-order valence-electron chi connectivity index (χ3n) is 8.10. The molecular formula is C23H35F4N7O25P6. The number of halogens is 4. The van der Waals surface area contributed by atoms with E-state index in [1.807, 2.05) is 0 Å². The second kappa shape index (κ2) is 18.4. The smallest absolute Gasteiger partial charge is 0.384 e. The SMILES string of the molecule is C=C1N=C(N)C=CN1[C@@H]1O[C@](F)(COP(=O)(O)OP(=O)(O)OP(=O)(O)O)[C@@H](F)[C@@]1(C)O.Cc1nc2c(ncn2[C@@H]2O[C@](F)(COP(=O)(O)OP(=O)(O)OP(=O)(O)O)[C@@H](F)[C@@]2(C)O)c(=O)[nH]1. The number of alkyl halides is 4. The minimum atomic E-state index is -5.91. The summed E-state index contributed by atoms with van der Waals surface area (Å²) in [5.74, 6) is -7.38. The number of hydrogen-bond donors (Lipinski definition) is 12. The number of fused-ring (bicyclic) bond motifs is 1. The van der Waals surface area contributed by atoms with E-state index in [0.717, 1.165) is 35.8 Å². The Labute approximate surface area is 357 Å². The van der Waals surface area contributed by atoms with Crippen LogP contribution in [0.15, 0.2) is 40.8 Å². The maximum Gasteiger partial charge on any atom is 0.490 e. The Morgan fingerprint density at radius 3 is 1.66 bits per heavy atom. The molecule has 0 spiro atoms. The predicted octanol–water partition coefficient (Wildman–Crippen LogP) is 0.154. The summed E-state index contributed by atoms with van der Waals surface area (Å²) in [6.07, 6.45) is -6.43. The van der Waals surface area contributed by atoms with Crippen molar-refractivity contribution in [2.45, 2.75) is 68.5 Å². The van der Waals surface area contributed by atoms with Gasteiger partial charge in [-0.05, 0) is 26.8 Å². The van der Waals surface area contributed by atoms with Gasteiger partial charge in [0.15, 0.2) is 36.0 Å². The molecule has 370 valence electrons. The van der Waals surface area contributed by atoms with Crippen molar-refractivity contribution < 1.29 is 130 Å². The Morgan fingerprint density at radius 2 is 1.23 bits per heavy atom. The molecule has 12 atom stereocenters. The van der Waals surface area contributed by atoms with Crippen LogP contribution in [-0.2, 0) is 63.2 Å². The highest BCUT2D eigenvalue weighted by atomic mass is 31.3. The molecule has 0 aliphatic carbocycles.